The van der Waals surface area contributed by atoms with E-state index < -0.39 is 10.7 Å². The highest BCUT2D eigenvalue weighted by molar-refractivity contribution is 5.37. The van der Waals surface area contributed by atoms with Crippen LogP contribution in [0.2, 0.25) is 0 Å². The minimum Gasteiger partial charge on any atom is -0.340 e. The summed E-state index contributed by atoms with van der Waals surface area (Å²) in [4.78, 5) is 10.5. The molecule has 5 heteroatoms. The minimum absolute atomic E-state index is 0.0401. The highest BCUT2D eigenvalue weighted by atomic mass is 16.8. The molecule has 1 heterocycles. The highest BCUT2D eigenvalue weighted by Crippen LogP contribution is 2.43. The second kappa shape index (κ2) is 4.90. The van der Waals surface area contributed by atoms with E-state index >= 15 is 0 Å². The number of ether oxygens (including phenoxy) is 2. The van der Waals surface area contributed by atoms with Gasteiger partial charge in [0.05, 0.1) is 17.1 Å². The zero-order chi connectivity index (χ0) is 14.2. The monoisotopic (exact) mass is 265 g/mol. The van der Waals surface area contributed by atoms with Crippen molar-refractivity contribution in [1.29, 1.82) is 0 Å². The molecule has 2 unspecified atom stereocenters. The summed E-state index contributed by atoms with van der Waals surface area (Å²) in [5.74, 6) is -0.841. The molecular weight excluding hydrogens is 246 g/mol. The van der Waals surface area contributed by atoms with Gasteiger partial charge in [0.25, 0.3) is 5.69 Å². The molecule has 1 aliphatic heterocycles. The van der Waals surface area contributed by atoms with Crippen molar-refractivity contribution in [3.8, 4) is 0 Å². The summed E-state index contributed by atoms with van der Waals surface area (Å²) in [5, 5.41) is 10.9. The molecule has 0 N–H and O–H groups in total. The van der Waals surface area contributed by atoms with Crippen molar-refractivity contribution in [1.82, 2.24) is 0 Å². The lowest BCUT2D eigenvalue weighted by Gasteiger charge is -2.32. The molecular formula is C14H19NO4. The number of hydrogen-bond acceptors (Lipinski definition) is 4. The average Bonchev–Trinajstić information content (AvgIpc) is 2.67. The van der Waals surface area contributed by atoms with E-state index in [1.54, 1.807) is 6.07 Å². The van der Waals surface area contributed by atoms with Crippen molar-refractivity contribution in [2.75, 3.05) is 0 Å². The lowest BCUT2D eigenvalue weighted by atomic mass is 9.94. The first kappa shape index (κ1) is 14.0. The SMILES string of the molecule is CC1OC(c2cccc([N+](=O)[O-])c2)(C(C)C)OC1C. The van der Waals surface area contributed by atoms with Gasteiger partial charge in [0.2, 0.25) is 0 Å². The average molecular weight is 265 g/mol. The molecule has 0 amide bonds. The molecule has 1 aliphatic rings. The third kappa shape index (κ3) is 2.35. The van der Waals surface area contributed by atoms with Gasteiger partial charge in [-0.15, -0.1) is 0 Å². The first-order chi connectivity index (χ1) is 8.86. The molecule has 0 bridgehead atoms. The number of rotatable bonds is 3. The molecule has 5 nitrogen and oxygen atoms in total. The summed E-state index contributed by atoms with van der Waals surface area (Å²) in [5.41, 5.74) is 0.754. The van der Waals surface area contributed by atoms with Gasteiger partial charge in [-0.05, 0) is 13.8 Å². The lowest BCUT2D eigenvalue weighted by molar-refractivity contribution is -0.385. The molecule has 1 aromatic carbocycles. The van der Waals surface area contributed by atoms with Crippen molar-refractivity contribution < 1.29 is 14.4 Å². The first-order valence-corrected chi connectivity index (χ1v) is 6.47. The van der Waals surface area contributed by atoms with Gasteiger partial charge in [-0.25, -0.2) is 0 Å². The van der Waals surface area contributed by atoms with E-state index in [2.05, 4.69) is 0 Å². The topological polar surface area (TPSA) is 61.6 Å². The molecule has 0 aromatic heterocycles. The van der Waals surface area contributed by atoms with E-state index in [-0.39, 0.29) is 23.8 Å². The van der Waals surface area contributed by atoms with Gasteiger partial charge in [-0.1, -0.05) is 26.0 Å². The molecule has 2 rings (SSSR count). The molecule has 1 aromatic rings. The van der Waals surface area contributed by atoms with Gasteiger partial charge in [0, 0.05) is 23.6 Å². The number of non-ortho nitro benzene ring substituents is 1. The van der Waals surface area contributed by atoms with Crippen LogP contribution in [0.5, 0.6) is 0 Å². The fourth-order valence-electron chi connectivity index (χ4n) is 2.35. The Morgan fingerprint density at radius 2 is 1.84 bits per heavy atom. The second-order valence-electron chi connectivity index (χ2n) is 5.28. The number of nitrogens with zero attached hydrogens (tertiary/aromatic N) is 1. The van der Waals surface area contributed by atoms with Crippen LogP contribution in [0.3, 0.4) is 0 Å². The number of nitro groups is 1. The summed E-state index contributed by atoms with van der Waals surface area (Å²) in [6.45, 7) is 7.88. The van der Waals surface area contributed by atoms with Gasteiger partial charge in [-0.3, -0.25) is 10.1 Å². The van der Waals surface area contributed by atoms with Crippen LogP contribution < -0.4 is 0 Å². The van der Waals surface area contributed by atoms with Crippen LogP contribution in [0.1, 0.15) is 33.3 Å². The minimum atomic E-state index is -0.898. The molecule has 0 saturated carbocycles. The van der Waals surface area contributed by atoms with Gasteiger partial charge in [0.15, 0.2) is 5.79 Å². The third-order valence-electron chi connectivity index (χ3n) is 3.60. The normalized spacial score (nSPS) is 30.8. The molecule has 2 atom stereocenters. The van der Waals surface area contributed by atoms with Crippen LogP contribution in [0.25, 0.3) is 0 Å². The summed E-state index contributed by atoms with van der Waals surface area (Å²) in [6, 6.07) is 6.49. The molecule has 0 spiro atoms. The zero-order valence-corrected chi connectivity index (χ0v) is 11.6. The second-order valence-corrected chi connectivity index (χ2v) is 5.28. The Bertz CT molecular complexity index is 476. The van der Waals surface area contributed by atoms with Crippen LogP contribution in [-0.2, 0) is 15.3 Å². The van der Waals surface area contributed by atoms with E-state index in [1.807, 2.05) is 33.8 Å². The Hall–Kier alpha value is -1.46. The summed E-state index contributed by atoms with van der Waals surface area (Å²) >= 11 is 0. The maximum Gasteiger partial charge on any atom is 0.269 e. The van der Waals surface area contributed by atoms with Crippen molar-refractivity contribution >= 4 is 5.69 Å². The van der Waals surface area contributed by atoms with Crippen molar-refractivity contribution in [2.24, 2.45) is 5.92 Å². The summed E-state index contributed by atoms with van der Waals surface area (Å²) in [7, 11) is 0. The van der Waals surface area contributed by atoms with Crippen LogP contribution in [0.4, 0.5) is 5.69 Å². The van der Waals surface area contributed by atoms with Gasteiger partial charge < -0.3 is 9.47 Å². The Balaban J connectivity index is 2.46. The predicted molar refractivity (Wildman–Crippen MR) is 70.7 cm³/mol. The fraction of sp³-hybridized carbons (Fsp3) is 0.571. The van der Waals surface area contributed by atoms with Crippen LogP contribution >= 0.6 is 0 Å². The van der Waals surface area contributed by atoms with E-state index in [4.69, 9.17) is 9.47 Å². The van der Waals surface area contributed by atoms with Crippen molar-refractivity contribution in [3.05, 3.63) is 39.9 Å². The molecule has 104 valence electrons. The van der Waals surface area contributed by atoms with Gasteiger partial charge in [-0.2, -0.15) is 0 Å². The molecule has 1 fully saturated rings. The smallest absolute Gasteiger partial charge is 0.269 e. The standard InChI is InChI=1S/C14H19NO4/c1-9(2)14(18-10(3)11(4)19-14)12-6-5-7-13(8-12)15(16)17/h5-11H,1-4H3. The zero-order valence-electron chi connectivity index (χ0n) is 11.6. The summed E-state index contributed by atoms with van der Waals surface area (Å²) in [6.07, 6.45) is -0.0803. The number of benzene rings is 1. The van der Waals surface area contributed by atoms with E-state index in [0.717, 1.165) is 0 Å². The Kier molecular flexibility index (Phi) is 3.60. The molecule has 0 radical (unpaired) electrons. The van der Waals surface area contributed by atoms with E-state index in [1.165, 1.54) is 12.1 Å². The van der Waals surface area contributed by atoms with Gasteiger partial charge >= 0.3 is 0 Å². The fourth-order valence-corrected chi connectivity index (χ4v) is 2.35. The van der Waals surface area contributed by atoms with E-state index in [0.29, 0.717) is 5.56 Å². The Morgan fingerprint density at radius 3 is 2.32 bits per heavy atom. The van der Waals surface area contributed by atoms with Gasteiger partial charge in [0.1, 0.15) is 0 Å². The predicted octanol–water partition coefficient (Wildman–Crippen LogP) is 3.23. The number of hydrogen-bond donors (Lipinski definition) is 0. The Labute approximate surface area is 112 Å². The quantitative estimate of drug-likeness (QED) is 0.621. The van der Waals surface area contributed by atoms with Crippen molar-refractivity contribution in [3.63, 3.8) is 0 Å². The van der Waals surface area contributed by atoms with Crippen LogP contribution in [0.15, 0.2) is 24.3 Å². The van der Waals surface area contributed by atoms with E-state index in [9.17, 15) is 10.1 Å². The van der Waals surface area contributed by atoms with Crippen LogP contribution in [0, 0.1) is 16.0 Å². The maximum atomic E-state index is 10.9. The van der Waals surface area contributed by atoms with Crippen LogP contribution in [-0.4, -0.2) is 17.1 Å². The highest BCUT2D eigenvalue weighted by Gasteiger charge is 2.48. The molecule has 19 heavy (non-hydrogen) atoms. The first-order valence-electron chi connectivity index (χ1n) is 6.47. The van der Waals surface area contributed by atoms with Crippen molar-refractivity contribution in [2.45, 2.75) is 45.7 Å². The largest absolute Gasteiger partial charge is 0.340 e. The third-order valence-corrected chi connectivity index (χ3v) is 3.60. The summed E-state index contributed by atoms with van der Waals surface area (Å²) < 4.78 is 12.0. The maximum absolute atomic E-state index is 10.9. The Morgan fingerprint density at radius 1 is 1.26 bits per heavy atom. The molecule has 1 saturated heterocycles. The molecule has 0 aliphatic carbocycles. The lowest BCUT2D eigenvalue weighted by Crippen LogP contribution is -2.34. The number of nitro benzene ring substituents is 1.